The van der Waals surface area contributed by atoms with E-state index < -0.39 is 0 Å². The molecule has 0 fully saturated rings. The summed E-state index contributed by atoms with van der Waals surface area (Å²) in [6, 6.07) is 0. The summed E-state index contributed by atoms with van der Waals surface area (Å²) in [6.45, 7) is 3.20. The fourth-order valence-corrected chi connectivity index (χ4v) is 1.47. The van der Waals surface area contributed by atoms with Crippen LogP contribution >= 0.6 is 0 Å². The highest BCUT2D eigenvalue weighted by atomic mass is 15.1. The number of allylic oxidation sites excluding steroid dienone is 4. The van der Waals surface area contributed by atoms with Gasteiger partial charge in [-0.05, 0) is 26.6 Å². The predicted molar refractivity (Wildman–Crippen MR) is 54.1 cm³/mol. The Morgan fingerprint density at radius 3 is 2.75 bits per heavy atom. The summed E-state index contributed by atoms with van der Waals surface area (Å²) in [5.41, 5.74) is 1.42. The summed E-state index contributed by atoms with van der Waals surface area (Å²) in [6.07, 6.45) is 10.9. The number of hydrogen-bond acceptors (Lipinski definition) is 1. The largest absolute Gasteiger partial charge is 0.308 e. The van der Waals surface area contributed by atoms with Crippen LogP contribution in [0.4, 0.5) is 0 Å². The van der Waals surface area contributed by atoms with E-state index in [1.807, 2.05) is 0 Å². The van der Waals surface area contributed by atoms with Crippen LogP contribution < -0.4 is 0 Å². The maximum absolute atomic E-state index is 2.26. The van der Waals surface area contributed by atoms with E-state index in [-0.39, 0.29) is 0 Å². The maximum atomic E-state index is 2.26. The first-order valence-corrected chi connectivity index (χ1v) is 4.40. The van der Waals surface area contributed by atoms with Crippen molar-refractivity contribution in [3.63, 3.8) is 0 Å². The van der Waals surface area contributed by atoms with Gasteiger partial charge in [-0.25, -0.2) is 0 Å². The van der Waals surface area contributed by atoms with Crippen molar-refractivity contribution in [2.24, 2.45) is 5.92 Å². The first-order chi connectivity index (χ1) is 5.74. The minimum atomic E-state index is 0.579. The topological polar surface area (TPSA) is 3.24 Å². The van der Waals surface area contributed by atoms with Crippen LogP contribution in [0.2, 0.25) is 0 Å². The molecule has 0 saturated carbocycles. The van der Waals surface area contributed by atoms with E-state index in [9.17, 15) is 0 Å². The van der Waals surface area contributed by atoms with Crippen LogP contribution in [0.25, 0.3) is 0 Å². The first-order valence-electron chi connectivity index (χ1n) is 4.40. The minimum Gasteiger partial charge on any atom is -0.308 e. The number of rotatable bonds is 2. The molecule has 0 heterocycles. The molecule has 1 rings (SSSR count). The summed E-state index contributed by atoms with van der Waals surface area (Å²) in [5.74, 6) is 0.579. The van der Waals surface area contributed by atoms with Crippen LogP contribution in [0.3, 0.4) is 0 Å². The number of nitrogens with zero attached hydrogens (tertiary/aromatic N) is 1. The first kappa shape index (κ1) is 9.27. The Bertz CT molecular complexity index is 221. The quantitative estimate of drug-likeness (QED) is 0.603. The van der Waals surface area contributed by atoms with Crippen LogP contribution in [0.1, 0.15) is 6.92 Å². The standard InChI is InChI=1S/C11H17N/c1-4-10-7-5-6-8-11(10)9-12(2)3/h4-8,11H,9H2,1-3H3/b10-4-. The SMILES string of the molecule is C/C=C1/C=CC=CC1CN(C)C. The van der Waals surface area contributed by atoms with Gasteiger partial charge in [0.05, 0.1) is 0 Å². The van der Waals surface area contributed by atoms with E-state index in [0.717, 1.165) is 6.54 Å². The van der Waals surface area contributed by atoms with Gasteiger partial charge in [-0.2, -0.15) is 0 Å². The summed E-state index contributed by atoms with van der Waals surface area (Å²) in [5, 5.41) is 0. The highest BCUT2D eigenvalue weighted by Crippen LogP contribution is 2.18. The Morgan fingerprint density at radius 2 is 2.17 bits per heavy atom. The highest BCUT2D eigenvalue weighted by molar-refractivity contribution is 5.32. The zero-order valence-corrected chi connectivity index (χ0v) is 8.12. The molecule has 1 atom stereocenters. The third-order valence-corrected chi connectivity index (χ3v) is 2.07. The Hall–Kier alpha value is -0.820. The van der Waals surface area contributed by atoms with Crippen molar-refractivity contribution in [3.8, 4) is 0 Å². The smallest absolute Gasteiger partial charge is 0.0145 e. The molecular weight excluding hydrogens is 146 g/mol. The molecule has 12 heavy (non-hydrogen) atoms. The lowest BCUT2D eigenvalue weighted by Gasteiger charge is -2.20. The van der Waals surface area contributed by atoms with Crippen molar-refractivity contribution >= 4 is 0 Å². The lowest BCUT2D eigenvalue weighted by Crippen LogP contribution is -2.22. The molecule has 0 aromatic carbocycles. The van der Waals surface area contributed by atoms with Gasteiger partial charge < -0.3 is 4.90 Å². The predicted octanol–water partition coefficient (Wildman–Crippen LogP) is 2.24. The molecular formula is C11H17N. The van der Waals surface area contributed by atoms with E-state index in [0.29, 0.717) is 5.92 Å². The molecule has 0 bridgehead atoms. The van der Waals surface area contributed by atoms with Gasteiger partial charge >= 0.3 is 0 Å². The molecule has 1 heteroatoms. The molecule has 0 amide bonds. The van der Waals surface area contributed by atoms with E-state index in [1.165, 1.54) is 5.57 Å². The highest BCUT2D eigenvalue weighted by Gasteiger charge is 2.10. The van der Waals surface area contributed by atoms with E-state index >= 15 is 0 Å². The van der Waals surface area contributed by atoms with Gasteiger partial charge in [0.25, 0.3) is 0 Å². The molecule has 66 valence electrons. The van der Waals surface area contributed by atoms with Gasteiger partial charge in [0.2, 0.25) is 0 Å². The van der Waals surface area contributed by atoms with Gasteiger partial charge in [-0.15, -0.1) is 0 Å². The lowest BCUT2D eigenvalue weighted by molar-refractivity contribution is 0.380. The van der Waals surface area contributed by atoms with Gasteiger partial charge in [-0.3, -0.25) is 0 Å². The third kappa shape index (κ3) is 2.35. The summed E-state index contributed by atoms with van der Waals surface area (Å²) in [4.78, 5) is 2.22. The lowest BCUT2D eigenvalue weighted by atomic mass is 9.94. The molecule has 0 saturated heterocycles. The Labute approximate surface area is 75.1 Å². The van der Waals surface area contributed by atoms with Crippen LogP contribution in [0.15, 0.2) is 36.0 Å². The van der Waals surface area contributed by atoms with Crippen molar-refractivity contribution in [1.82, 2.24) is 4.90 Å². The summed E-state index contributed by atoms with van der Waals surface area (Å²) < 4.78 is 0. The van der Waals surface area contributed by atoms with Gasteiger partial charge in [-0.1, -0.05) is 30.4 Å². The molecule has 1 nitrogen and oxygen atoms in total. The van der Waals surface area contributed by atoms with Gasteiger partial charge in [0.15, 0.2) is 0 Å². The molecule has 0 aromatic rings. The Kier molecular flexibility index (Phi) is 3.30. The van der Waals surface area contributed by atoms with Crippen molar-refractivity contribution in [1.29, 1.82) is 0 Å². The maximum Gasteiger partial charge on any atom is 0.0145 e. The van der Waals surface area contributed by atoms with Crippen molar-refractivity contribution in [3.05, 3.63) is 36.0 Å². The Balaban J connectivity index is 2.63. The zero-order chi connectivity index (χ0) is 8.97. The molecule has 1 aliphatic carbocycles. The molecule has 0 aliphatic heterocycles. The second kappa shape index (κ2) is 4.27. The Morgan fingerprint density at radius 1 is 1.42 bits per heavy atom. The van der Waals surface area contributed by atoms with Crippen LogP contribution in [0.5, 0.6) is 0 Å². The average Bonchev–Trinajstić information content (AvgIpc) is 2.04. The van der Waals surface area contributed by atoms with Crippen molar-refractivity contribution in [2.45, 2.75) is 6.92 Å². The van der Waals surface area contributed by atoms with Crippen molar-refractivity contribution in [2.75, 3.05) is 20.6 Å². The second-order valence-corrected chi connectivity index (χ2v) is 3.40. The summed E-state index contributed by atoms with van der Waals surface area (Å²) >= 11 is 0. The van der Waals surface area contributed by atoms with Crippen LogP contribution in [-0.4, -0.2) is 25.5 Å². The molecule has 0 N–H and O–H groups in total. The molecule has 1 unspecified atom stereocenters. The van der Waals surface area contributed by atoms with Crippen LogP contribution in [-0.2, 0) is 0 Å². The third-order valence-electron chi connectivity index (χ3n) is 2.07. The molecule has 0 radical (unpaired) electrons. The second-order valence-electron chi connectivity index (χ2n) is 3.40. The van der Waals surface area contributed by atoms with Gasteiger partial charge in [0.1, 0.15) is 0 Å². The molecule has 0 aromatic heterocycles. The van der Waals surface area contributed by atoms with Crippen LogP contribution in [0, 0.1) is 5.92 Å². The molecule has 0 spiro atoms. The minimum absolute atomic E-state index is 0.579. The van der Waals surface area contributed by atoms with E-state index in [4.69, 9.17) is 0 Å². The molecule has 1 aliphatic rings. The van der Waals surface area contributed by atoms with Crippen molar-refractivity contribution < 1.29 is 0 Å². The fraction of sp³-hybridized carbons (Fsp3) is 0.455. The average molecular weight is 163 g/mol. The summed E-state index contributed by atoms with van der Waals surface area (Å²) in [7, 11) is 4.22. The zero-order valence-electron chi connectivity index (χ0n) is 8.12. The van der Waals surface area contributed by atoms with Gasteiger partial charge in [0, 0.05) is 12.5 Å². The fourth-order valence-electron chi connectivity index (χ4n) is 1.47. The monoisotopic (exact) mass is 163 g/mol. The normalized spacial score (nSPS) is 25.7. The van der Waals surface area contributed by atoms with E-state index in [2.05, 4.69) is 56.3 Å². The van der Waals surface area contributed by atoms with E-state index in [1.54, 1.807) is 0 Å². The number of hydrogen-bond donors (Lipinski definition) is 0.